The number of anilines is 2. The number of methoxy groups -OCH3 is 1. The molecular formula is C56H64F3N5O19. The van der Waals surface area contributed by atoms with E-state index in [1.54, 1.807) is 17.4 Å². The zero-order chi connectivity index (χ0) is 60.7. The van der Waals surface area contributed by atoms with Crippen LogP contribution in [0.5, 0.6) is 28.7 Å². The summed E-state index contributed by atoms with van der Waals surface area (Å²) in [5.74, 6) is -9.52. The van der Waals surface area contributed by atoms with Gasteiger partial charge in [-0.1, -0.05) is 25.5 Å². The Labute approximate surface area is 471 Å². The molecule has 8 rings (SSSR count). The molecule has 83 heavy (non-hydrogen) atoms. The van der Waals surface area contributed by atoms with Crippen molar-refractivity contribution in [1.29, 1.82) is 0 Å². The van der Waals surface area contributed by atoms with Crippen LogP contribution < -0.4 is 31.3 Å². The molecule has 24 nitrogen and oxygen atoms in total. The smallest absolute Gasteiger partial charge is 0.471 e. The monoisotopic (exact) mass is 1170 g/mol. The van der Waals surface area contributed by atoms with Gasteiger partial charge in [-0.05, 0) is 43.7 Å². The molecule has 13 N–H and O–H groups in total. The molecule has 4 aromatic carbocycles. The van der Waals surface area contributed by atoms with Gasteiger partial charge in [-0.25, -0.2) is 0 Å². The van der Waals surface area contributed by atoms with Crippen LogP contribution in [0.1, 0.15) is 127 Å². The molecule has 0 saturated carbocycles. The van der Waals surface area contributed by atoms with Crippen LogP contribution in [0.25, 0.3) is 0 Å². The van der Waals surface area contributed by atoms with Crippen molar-refractivity contribution < 1.29 is 107 Å². The number of benzene rings is 4. The van der Waals surface area contributed by atoms with E-state index in [9.17, 15) is 77.4 Å². The molecule has 27 heteroatoms. The van der Waals surface area contributed by atoms with E-state index in [4.69, 9.17) is 29.2 Å². The SMILES string of the molecule is CCCCC(=O)OCC(=O)[C@]1(O)Cc2c(O)c3c(c(O)c2[C@@H](O[C@H]2C[C@H](NC(=O)C(F)(F)F)[C@H](O)[C@H](C)O2)C1)C(=O)c1c(OC)cccc1C3=O.O=C1c2c(O)ccc(O)c2C(=O)c2c(NCCNCCO)ccc(NCCNCCO)c21. The number of carbonyl (C=O) groups is 7. The number of aliphatic hydroxyl groups is 4. The average molecular weight is 1170 g/mol. The van der Waals surface area contributed by atoms with Gasteiger partial charge >= 0.3 is 18.1 Å². The van der Waals surface area contributed by atoms with Crippen LogP contribution in [-0.4, -0.2) is 184 Å². The molecule has 6 atom stereocenters. The largest absolute Gasteiger partial charge is 0.507 e. The van der Waals surface area contributed by atoms with Crippen LogP contribution in [-0.2, 0) is 35.0 Å². The minimum absolute atomic E-state index is 0.00489. The van der Waals surface area contributed by atoms with Crippen LogP contribution in [0.3, 0.4) is 0 Å². The number of phenolic OH excluding ortho intramolecular Hbond substituents is 4. The molecule has 0 radical (unpaired) electrons. The summed E-state index contributed by atoms with van der Waals surface area (Å²) in [4.78, 5) is 91.7. The minimum atomic E-state index is -5.29. The highest BCUT2D eigenvalue weighted by molar-refractivity contribution is 6.34. The Morgan fingerprint density at radius 3 is 1.86 bits per heavy atom. The number of Topliss-reactive ketones (excluding diaryl/α,β-unsaturated/α-hetero) is 1. The van der Waals surface area contributed by atoms with Crippen LogP contribution in [0.4, 0.5) is 24.5 Å². The van der Waals surface area contributed by atoms with Gasteiger partial charge in [-0.2, -0.15) is 13.2 Å². The first-order chi connectivity index (χ1) is 39.4. The number of alkyl halides is 3. The van der Waals surface area contributed by atoms with Gasteiger partial charge in [0.1, 0.15) is 40.5 Å². The second kappa shape index (κ2) is 26.7. The Kier molecular flexibility index (Phi) is 20.2. The van der Waals surface area contributed by atoms with Crippen molar-refractivity contribution in [2.75, 3.05) is 76.8 Å². The molecule has 1 aliphatic heterocycles. The molecule has 0 bridgehead atoms. The first kappa shape index (κ1) is 62.8. The fraction of sp³-hybridized carbons (Fsp3) is 0.446. The first-order valence-corrected chi connectivity index (χ1v) is 26.5. The summed E-state index contributed by atoms with van der Waals surface area (Å²) in [5, 5.41) is 97.8. The number of hydrogen-bond donors (Lipinski definition) is 13. The molecule has 0 unspecified atom stereocenters. The standard InChI is InChI=1S/C34H36F3NO13.C22H28N4O6/c1-4-5-9-21(40)49-13-20(39)33(47)11-16-24(19(12-33)51-22-10-17(27(41)14(2)50-22)38-32(46)34(35,36)37)31(45)26-25(29(16)43)28(42)15-7-6-8-18(48-3)23(15)30(26)44;27-11-9-23-5-7-25-13-1-2-14(26-8-6-24-10-12-28)18-17(13)21(31)19-15(29)3-4-16(30)20(19)22(18)32/h6-8,14,17,19,22,27,41,43,45,47H,4-5,9-13H2,1-3H3,(H,38,46);1-4,23-30H,5-12H2/t14-,17-,19-,22-,27+,33-;/m0./s1. The molecule has 3 aliphatic carbocycles. The van der Waals surface area contributed by atoms with E-state index in [0.29, 0.717) is 63.5 Å². The van der Waals surface area contributed by atoms with Gasteiger partial charge < -0.3 is 86.4 Å². The van der Waals surface area contributed by atoms with Crippen molar-refractivity contribution in [2.24, 2.45) is 0 Å². The van der Waals surface area contributed by atoms with Crippen molar-refractivity contribution in [3.63, 3.8) is 0 Å². The fourth-order valence-electron chi connectivity index (χ4n) is 10.3. The molecule has 4 aliphatic rings. The van der Waals surface area contributed by atoms with Crippen molar-refractivity contribution >= 4 is 52.2 Å². The predicted octanol–water partition coefficient (Wildman–Crippen LogP) is 2.32. The van der Waals surface area contributed by atoms with Crippen LogP contribution in [0.15, 0.2) is 42.5 Å². The number of unbranched alkanes of at least 4 members (excludes halogenated alkanes) is 1. The normalized spacial score (nSPS) is 20.6. The van der Waals surface area contributed by atoms with E-state index in [2.05, 4.69) is 21.3 Å². The summed E-state index contributed by atoms with van der Waals surface area (Å²) in [6.45, 7) is 5.02. The molecule has 4 aromatic rings. The number of hydrogen-bond acceptors (Lipinski definition) is 23. The molecule has 0 aromatic heterocycles. The highest BCUT2D eigenvalue weighted by Gasteiger charge is 2.51. The Bertz CT molecular complexity index is 3100. The number of fused-ring (bicyclic) bond motifs is 5. The Hall–Kier alpha value is -7.76. The highest BCUT2D eigenvalue weighted by atomic mass is 19.4. The third kappa shape index (κ3) is 13.2. The summed E-state index contributed by atoms with van der Waals surface area (Å²) in [6, 6.07) is 8.32. The summed E-state index contributed by atoms with van der Waals surface area (Å²) >= 11 is 0. The van der Waals surface area contributed by atoms with Crippen molar-refractivity contribution in [3.8, 4) is 28.7 Å². The summed E-state index contributed by atoms with van der Waals surface area (Å²) < 4.78 is 61.1. The van der Waals surface area contributed by atoms with Gasteiger partial charge in [0.2, 0.25) is 23.1 Å². The number of aliphatic hydroxyl groups excluding tert-OH is 3. The number of amides is 1. The van der Waals surface area contributed by atoms with Gasteiger partial charge in [-0.15, -0.1) is 0 Å². The average Bonchev–Trinajstić information content (AvgIpc) is 1.45. The lowest BCUT2D eigenvalue weighted by atomic mass is 9.72. The maximum Gasteiger partial charge on any atom is 0.471 e. The lowest BCUT2D eigenvalue weighted by molar-refractivity contribution is -0.250. The lowest BCUT2D eigenvalue weighted by Crippen LogP contribution is -2.57. The van der Waals surface area contributed by atoms with Crippen molar-refractivity contribution in [2.45, 2.75) is 94.8 Å². The number of aromatic hydroxyl groups is 4. The molecule has 0 spiro atoms. The number of ether oxygens (including phenoxy) is 4. The Balaban J connectivity index is 0.000000265. The molecule has 1 saturated heterocycles. The van der Waals surface area contributed by atoms with E-state index < -0.39 is 132 Å². The quantitative estimate of drug-likeness (QED) is 0.0263. The lowest BCUT2D eigenvalue weighted by Gasteiger charge is -2.43. The molecule has 1 fully saturated rings. The van der Waals surface area contributed by atoms with Gasteiger partial charge in [-0.3, -0.25) is 33.6 Å². The number of carbonyl (C=O) groups excluding carboxylic acids is 7. The predicted molar refractivity (Wildman–Crippen MR) is 285 cm³/mol. The van der Waals surface area contributed by atoms with Crippen LogP contribution >= 0.6 is 0 Å². The van der Waals surface area contributed by atoms with Crippen molar-refractivity contribution in [1.82, 2.24) is 16.0 Å². The van der Waals surface area contributed by atoms with E-state index in [-0.39, 0.29) is 81.4 Å². The third-order valence-electron chi connectivity index (χ3n) is 14.4. The van der Waals surface area contributed by atoms with E-state index in [0.717, 1.165) is 0 Å². The second-order valence-corrected chi connectivity index (χ2v) is 19.9. The minimum Gasteiger partial charge on any atom is -0.507 e. The van der Waals surface area contributed by atoms with E-state index >= 15 is 0 Å². The van der Waals surface area contributed by atoms with Crippen LogP contribution in [0.2, 0.25) is 0 Å². The zero-order valence-electron chi connectivity index (χ0n) is 45.2. The summed E-state index contributed by atoms with van der Waals surface area (Å²) in [5.41, 5.74) is -4.17. The number of phenols is 4. The topological polar surface area (TPSA) is 378 Å². The molecular weight excluding hydrogens is 1100 g/mol. The number of ketones is 5. The van der Waals surface area contributed by atoms with E-state index in [1.807, 2.05) is 6.92 Å². The molecule has 448 valence electrons. The van der Waals surface area contributed by atoms with Gasteiger partial charge in [0.25, 0.3) is 0 Å². The summed E-state index contributed by atoms with van der Waals surface area (Å²) in [6.07, 6.45) is -12.3. The fourth-order valence-corrected chi connectivity index (χ4v) is 10.3. The number of halogens is 3. The Morgan fingerprint density at radius 2 is 1.31 bits per heavy atom. The van der Waals surface area contributed by atoms with Crippen LogP contribution in [0, 0.1) is 0 Å². The van der Waals surface area contributed by atoms with Gasteiger partial charge in [0.05, 0.1) is 77.5 Å². The zero-order valence-corrected chi connectivity index (χ0v) is 45.2. The van der Waals surface area contributed by atoms with Gasteiger partial charge in [0, 0.05) is 93.0 Å². The van der Waals surface area contributed by atoms with Gasteiger partial charge in [0.15, 0.2) is 18.7 Å². The number of esters is 1. The number of nitrogens with one attached hydrogen (secondary N) is 5. The molecule has 1 amide bonds. The maximum absolute atomic E-state index is 13.9. The maximum atomic E-state index is 13.9. The third-order valence-corrected chi connectivity index (χ3v) is 14.4. The first-order valence-electron chi connectivity index (χ1n) is 26.5. The van der Waals surface area contributed by atoms with E-state index in [1.165, 1.54) is 44.4 Å². The number of rotatable bonds is 22. The molecule has 1 heterocycles. The second-order valence-electron chi connectivity index (χ2n) is 19.9. The summed E-state index contributed by atoms with van der Waals surface area (Å²) in [7, 11) is 1.25. The van der Waals surface area contributed by atoms with Crippen molar-refractivity contribution in [3.05, 3.63) is 98.1 Å². The Morgan fingerprint density at radius 1 is 0.747 bits per heavy atom. The highest BCUT2D eigenvalue weighted by Crippen LogP contribution is 2.53.